The maximum atomic E-state index is 10.9. The summed E-state index contributed by atoms with van der Waals surface area (Å²) in [4.78, 5) is 12.0. The lowest BCUT2D eigenvalue weighted by molar-refractivity contribution is -0.113. The van der Waals surface area contributed by atoms with E-state index in [1.54, 1.807) is 29.5 Å². The normalized spacial score (nSPS) is 9.24. The van der Waals surface area contributed by atoms with E-state index in [1.807, 2.05) is 17.5 Å². The number of anilines is 1. The topological polar surface area (TPSA) is 52.9 Å². The summed E-state index contributed by atoms with van der Waals surface area (Å²) < 4.78 is 0. The average molecular weight is 362 g/mol. The van der Waals surface area contributed by atoms with E-state index < -0.39 is 0 Å². The third-order valence-electron chi connectivity index (χ3n) is 2.16. The molecule has 1 amide bonds. The number of nitriles is 1. The average Bonchev–Trinajstić information content (AvgIpc) is 2.97. The number of benzene rings is 1. The Balaban J connectivity index is 0.000000235. The van der Waals surface area contributed by atoms with Gasteiger partial charge in [0.1, 0.15) is 5.88 Å². The lowest BCUT2D eigenvalue weighted by Gasteiger charge is -2.03. The Labute approximate surface area is 142 Å². The van der Waals surface area contributed by atoms with E-state index >= 15 is 0 Å². The van der Waals surface area contributed by atoms with Crippen molar-refractivity contribution < 1.29 is 4.79 Å². The molecule has 2 aromatic rings. The quantitative estimate of drug-likeness (QED) is 0.783. The van der Waals surface area contributed by atoms with Crippen molar-refractivity contribution in [1.82, 2.24) is 0 Å². The van der Waals surface area contributed by atoms with Crippen molar-refractivity contribution in [3.05, 3.63) is 50.6 Å². The van der Waals surface area contributed by atoms with Gasteiger partial charge in [0.25, 0.3) is 0 Å². The van der Waals surface area contributed by atoms with Crippen LogP contribution in [0, 0.1) is 11.3 Å². The van der Waals surface area contributed by atoms with Gasteiger partial charge in [0.15, 0.2) is 0 Å². The van der Waals surface area contributed by atoms with Crippen molar-refractivity contribution >= 4 is 57.7 Å². The maximum Gasteiger partial charge on any atom is 0.239 e. The molecule has 1 heterocycles. The van der Waals surface area contributed by atoms with Gasteiger partial charge in [0.2, 0.25) is 5.91 Å². The van der Waals surface area contributed by atoms with Gasteiger partial charge in [0.05, 0.1) is 22.5 Å². The molecule has 3 nitrogen and oxygen atoms in total. The Hall–Kier alpha value is -1.25. The van der Waals surface area contributed by atoms with E-state index in [-0.39, 0.29) is 11.8 Å². The fourth-order valence-electron chi connectivity index (χ4n) is 1.26. The lowest BCUT2D eigenvalue weighted by Crippen LogP contribution is -2.12. The summed E-state index contributed by atoms with van der Waals surface area (Å²) in [5, 5.41) is 13.6. The predicted octanol–water partition coefficient (Wildman–Crippen LogP) is 4.98. The summed E-state index contributed by atoms with van der Waals surface area (Å²) in [5.41, 5.74) is 0.583. The molecule has 0 aliphatic rings. The fraction of sp³-hybridized carbons (Fsp3) is 0.143. The first-order valence-corrected chi connectivity index (χ1v) is 7.94. The molecule has 0 bridgehead atoms. The lowest BCUT2D eigenvalue weighted by atomic mass is 10.3. The second kappa shape index (κ2) is 9.64. The number of hydrogen-bond acceptors (Lipinski definition) is 3. The van der Waals surface area contributed by atoms with Gasteiger partial charge in [-0.3, -0.25) is 4.79 Å². The van der Waals surface area contributed by atoms with Gasteiger partial charge >= 0.3 is 0 Å². The maximum absolute atomic E-state index is 10.9. The van der Waals surface area contributed by atoms with Crippen LogP contribution in [0.5, 0.6) is 0 Å². The second-order valence-corrected chi connectivity index (χ2v) is 5.84. The second-order valence-electron chi connectivity index (χ2n) is 3.72. The van der Waals surface area contributed by atoms with Gasteiger partial charge in [-0.1, -0.05) is 29.3 Å². The summed E-state index contributed by atoms with van der Waals surface area (Å²) in [6, 6.07) is 10.8. The number of alkyl halides is 1. The van der Waals surface area contributed by atoms with Crippen LogP contribution in [0.3, 0.4) is 0 Å². The smallest absolute Gasteiger partial charge is 0.239 e. The number of nitrogens with one attached hydrogen (secondary N) is 1. The molecular formula is C14H11Cl3N2OS. The Morgan fingerprint density at radius 2 is 2.05 bits per heavy atom. The fourth-order valence-corrected chi connectivity index (χ4v) is 2.26. The number of rotatable bonds is 3. The molecule has 0 spiro atoms. The number of amides is 1. The molecule has 0 fully saturated rings. The van der Waals surface area contributed by atoms with Crippen LogP contribution in [0.1, 0.15) is 4.88 Å². The number of thiophene rings is 1. The van der Waals surface area contributed by atoms with Crippen molar-refractivity contribution in [2.75, 3.05) is 11.2 Å². The predicted molar refractivity (Wildman–Crippen MR) is 89.4 cm³/mol. The number of carbonyl (C=O) groups is 1. The highest BCUT2D eigenvalue weighted by Gasteiger charge is 2.02. The highest BCUT2D eigenvalue weighted by atomic mass is 35.5. The molecule has 0 aliphatic heterocycles. The molecule has 1 N–H and O–H groups in total. The molecule has 0 saturated heterocycles. The third kappa shape index (κ3) is 6.83. The highest BCUT2D eigenvalue weighted by molar-refractivity contribution is 7.09. The Bertz CT molecular complexity index is 624. The summed E-state index contributed by atoms with van der Waals surface area (Å²) in [6.07, 6.45) is 0.553. The zero-order valence-electron chi connectivity index (χ0n) is 10.8. The van der Waals surface area contributed by atoms with E-state index in [1.165, 1.54) is 0 Å². The molecule has 1 aromatic heterocycles. The number of hydrogen-bond donors (Lipinski definition) is 1. The van der Waals surface area contributed by atoms with E-state index in [9.17, 15) is 4.79 Å². The summed E-state index contributed by atoms with van der Waals surface area (Å²) >= 11 is 18.3. The SMILES string of the molecule is N#CCc1cccs1.O=C(CCl)Nc1ccc(Cl)c(Cl)c1. The first kappa shape index (κ1) is 17.8. The molecule has 7 heteroatoms. The largest absolute Gasteiger partial charge is 0.325 e. The summed E-state index contributed by atoms with van der Waals surface area (Å²) in [6.45, 7) is 0. The Morgan fingerprint density at radius 1 is 1.29 bits per heavy atom. The van der Waals surface area contributed by atoms with Gasteiger partial charge in [0, 0.05) is 10.6 Å². The number of nitrogens with zero attached hydrogens (tertiary/aromatic N) is 1. The van der Waals surface area contributed by atoms with Crippen LogP contribution < -0.4 is 5.32 Å². The minimum Gasteiger partial charge on any atom is -0.325 e. The van der Waals surface area contributed by atoms with Crippen molar-refractivity contribution in [1.29, 1.82) is 5.26 Å². The van der Waals surface area contributed by atoms with Gasteiger partial charge in [-0.25, -0.2) is 0 Å². The van der Waals surface area contributed by atoms with Crippen LogP contribution in [0.15, 0.2) is 35.7 Å². The van der Waals surface area contributed by atoms with Crippen LogP contribution >= 0.6 is 46.1 Å². The highest BCUT2D eigenvalue weighted by Crippen LogP contribution is 2.24. The van der Waals surface area contributed by atoms with Gasteiger partial charge in [-0.15, -0.1) is 22.9 Å². The molecule has 0 saturated carbocycles. The van der Waals surface area contributed by atoms with Gasteiger partial charge in [-0.2, -0.15) is 5.26 Å². The van der Waals surface area contributed by atoms with Gasteiger partial charge in [-0.05, 0) is 29.6 Å². The van der Waals surface area contributed by atoms with E-state index in [2.05, 4.69) is 11.4 Å². The van der Waals surface area contributed by atoms with Crippen LogP contribution in [-0.4, -0.2) is 11.8 Å². The number of halogens is 3. The van der Waals surface area contributed by atoms with Crippen LogP contribution in [0.4, 0.5) is 5.69 Å². The van der Waals surface area contributed by atoms with Gasteiger partial charge < -0.3 is 5.32 Å². The van der Waals surface area contributed by atoms with E-state index in [0.717, 1.165) is 4.88 Å². The molecule has 0 unspecified atom stereocenters. The van der Waals surface area contributed by atoms with E-state index in [0.29, 0.717) is 22.2 Å². The molecule has 2 rings (SSSR count). The van der Waals surface area contributed by atoms with Crippen molar-refractivity contribution in [2.24, 2.45) is 0 Å². The van der Waals surface area contributed by atoms with Crippen molar-refractivity contribution in [2.45, 2.75) is 6.42 Å². The standard InChI is InChI=1S/C8H6Cl3NO.C6H5NS/c9-4-8(13)12-5-1-2-6(10)7(11)3-5;7-4-3-6-2-1-5-8-6/h1-3H,4H2,(H,12,13);1-2,5H,3H2. The van der Waals surface area contributed by atoms with Crippen molar-refractivity contribution in [3.8, 4) is 6.07 Å². The van der Waals surface area contributed by atoms with E-state index in [4.69, 9.17) is 40.1 Å². The molecule has 0 atom stereocenters. The Kier molecular flexibility index (Phi) is 8.17. The molecular weight excluding hydrogens is 351 g/mol. The van der Waals surface area contributed by atoms with Crippen LogP contribution in [-0.2, 0) is 11.2 Å². The van der Waals surface area contributed by atoms with Crippen LogP contribution in [0.2, 0.25) is 10.0 Å². The molecule has 0 aliphatic carbocycles. The first-order chi connectivity index (χ1) is 10.1. The number of carbonyl (C=O) groups excluding carboxylic acids is 1. The molecule has 0 radical (unpaired) electrons. The van der Waals surface area contributed by atoms with Crippen LogP contribution in [0.25, 0.3) is 0 Å². The minimum atomic E-state index is -0.278. The Morgan fingerprint density at radius 3 is 2.57 bits per heavy atom. The third-order valence-corrected chi connectivity index (χ3v) is 4.02. The van der Waals surface area contributed by atoms with Crippen molar-refractivity contribution in [3.63, 3.8) is 0 Å². The zero-order chi connectivity index (χ0) is 15.7. The first-order valence-electron chi connectivity index (χ1n) is 5.77. The summed E-state index contributed by atoms with van der Waals surface area (Å²) in [5.74, 6) is -0.361. The zero-order valence-corrected chi connectivity index (χ0v) is 13.9. The minimum absolute atomic E-state index is 0.0831. The molecule has 21 heavy (non-hydrogen) atoms. The molecule has 110 valence electrons. The monoisotopic (exact) mass is 360 g/mol. The summed E-state index contributed by atoms with van der Waals surface area (Å²) in [7, 11) is 0. The molecule has 1 aromatic carbocycles.